The van der Waals surface area contributed by atoms with Crippen LogP contribution in [0.3, 0.4) is 0 Å². The van der Waals surface area contributed by atoms with Crippen LogP contribution in [-0.2, 0) is 6.18 Å². The fourth-order valence-electron chi connectivity index (χ4n) is 2.09. The third-order valence-electron chi connectivity index (χ3n) is 3.31. The van der Waals surface area contributed by atoms with Crippen molar-refractivity contribution >= 4 is 23.2 Å². The van der Waals surface area contributed by atoms with Gasteiger partial charge in [0.1, 0.15) is 12.1 Å². The summed E-state index contributed by atoms with van der Waals surface area (Å²) in [5.74, 6) is -0.0278. The van der Waals surface area contributed by atoms with Gasteiger partial charge in [-0.3, -0.25) is 9.36 Å². The van der Waals surface area contributed by atoms with E-state index in [-0.39, 0.29) is 11.3 Å². The summed E-state index contributed by atoms with van der Waals surface area (Å²) in [6.07, 6.45) is 1.54. The number of pyridine rings is 1. The van der Waals surface area contributed by atoms with Gasteiger partial charge in [-0.1, -0.05) is 11.6 Å². The van der Waals surface area contributed by atoms with Crippen molar-refractivity contribution in [1.29, 1.82) is 0 Å². The largest absolute Gasteiger partial charge is 0.417 e. The Hall–Kier alpha value is -2.87. The first-order chi connectivity index (χ1) is 11.8. The van der Waals surface area contributed by atoms with Crippen molar-refractivity contribution in [2.24, 2.45) is 0 Å². The molecule has 3 aromatic rings. The molecule has 0 aliphatic carbocycles. The monoisotopic (exact) mass is 366 g/mol. The Labute approximate surface area is 145 Å². The summed E-state index contributed by atoms with van der Waals surface area (Å²) in [4.78, 5) is 20.2. The summed E-state index contributed by atoms with van der Waals surface area (Å²) in [7, 11) is 0. The topological polar surface area (TPSA) is 59.8 Å². The fraction of sp³-hybridized carbons (Fsp3) is 0.0625. The lowest BCUT2D eigenvalue weighted by molar-refractivity contribution is -0.137. The molecule has 2 aromatic heterocycles. The Kier molecular flexibility index (Phi) is 4.45. The molecule has 0 saturated heterocycles. The zero-order chi connectivity index (χ0) is 18.0. The van der Waals surface area contributed by atoms with Crippen LogP contribution < -0.4 is 5.32 Å². The van der Waals surface area contributed by atoms with Crippen LogP contribution in [0, 0.1) is 0 Å². The summed E-state index contributed by atoms with van der Waals surface area (Å²) < 4.78 is 40.2. The molecular formula is C16H10ClF3N4O. The highest BCUT2D eigenvalue weighted by Gasteiger charge is 2.33. The van der Waals surface area contributed by atoms with Crippen LogP contribution in [0.1, 0.15) is 15.9 Å². The van der Waals surface area contributed by atoms with Gasteiger partial charge >= 0.3 is 6.18 Å². The number of benzene rings is 1. The van der Waals surface area contributed by atoms with Gasteiger partial charge in [0, 0.05) is 24.3 Å². The number of carbonyl (C=O) groups excluding carboxylic acids is 1. The van der Waals surface area contributed by atoms with E-state index in [1.807, 2.05) is 0 Å². The predicted octanol–water partition coefficient (Wildman–Crippen LogP) is 4.19. The van der Waals surface area contributed by atoms with Crippen LogP contribution in [0.25, 0.3) is 5.82 Å². The normalized spacial score (nSPS) is 11.4. The molecule has 0 radical (unpaired) electrons. The standard InChI is InChI=1S/C16H10ClF3N4O/c17-13-3-2-11(7-12(13)16(18,19)20)23-15(25)10-1-4-14(22-8-10)24-6-5-21-9-24/h1-9H,(H,23,25). The van der Waals surface area contributed by atoms with Crippen molar-refractivity contribution in [2.45, 2.75) is 6.18 Å². The van der Waals surface area contributed by atoms with E-state index < -0.39 is 22.7 Å². The molecule has 0 saturated carbocycles. The smallest absolute Gasteiger partial charge is 0.322 e. The Morgan fingerprint density at radius 3 is 2.60 bits per heavy atom. The van der Waals surface area contributed by atoms with Gasteiger partial charge in [-0.05, 0) is 30.3 Å². The number of alkyl halides is 3. The van der Waals surface area contributed by atoms with E-state index in [1.165, 1.54) is 18.3 Å². The van der Waals surface area contributed by atoms with Gasteiger partial charge in [0.15, 0.2) is 0 Å². The molecule has 0 atom stereocenters. The first-order valence-corrected chi connectivity index (χ1v) is 7.35. The molecule has 0 bridgehead atoms. The quantitative estimate of drug-likeness (QED) is 0.756. The van der Waals surface area contributed by atoms with Crippen molar-refractivity contribution < 1.29 is 18.0 Å². The number of halogens is 4. The zero-order valence-corrected chi connectivity index (χ0v) is 13.2. The highest BCUT2D eigenvalue weighted by Crippen LogP contribution is 2.36. The van der Waals surface area contributed by atoms with E-state index >= 15 is 0 Å². The highest BCUT2D eigenvalue weighted by molar-refractivity contribution is 6.31. The molecule has 1 amide bonds. The first-order valence-electron chi connectivity index (χ1n) is 6.97. The zero-order valence-electron chi connectivity index (χ0n) is 12.5. The molecular weight excluding hydrogens is 357 g/mol. The van der Waals surface area contributed by atoms with Gasteiger partial charge in [-0.15, -0.1) is 0 Å². The lowest BCUT2D eigenvalue weighted by Crippen LogP contribution is -2.14. The molecule has 0 spiro atoms. The van der Waals surface area contributed by atoms with Gasteiger partial charge in [0.25, 0.3) is 5.91 Å². The van der Waals surface area contributed by atoms with Crippen molar-refractivity contribution in [3.8, 4) is 5.82 Å². The van der Waals surface area contributed by atoms with E-state index in [1.54, 1.807) is 29.4 Å². The molecule has 128 valence electrons. The maximum absolute atomic E-state index is 12.9. The summed E-state index contributed by atoms with van der Waals surface area (Å²) in [6.45, 7) is 0. The highest BCUT2D eigenvalue weighted by atomic mass is 35.5. The third kappa shape index (κ3) is 3.80. The van der Waals surface area contributed by atoms with E-state index in [0.29, 0.717) is 5.82 Å². The SMILES string of the molecule is O=C(Nc1ccc(Cl)c(C(F)(F)F)c1)c1ccc(-n2ccnc2)nc1. The number of carbonyl (C=O) groups is 1. The maximum Gasteiger partial charge on any atom is 0.417 e. The fourth-order valence-corrected chi connectivity index (χ4v) is 2.32. The minimum Gasteiger partial charge on any atom is -0.322 e. The second-order valence-electron chi connectivity index (χ2n) is 5.02. The number of aromatic nitrogens is 3. The first kappa shape index (κ1) is 17.0. The van der Waals surface area contributed by atoms with Crippen molar-refractivity contribution in [3.05, 3.63) is 71.4 Å². The van der Waals surface area contributed by atoms with Crippen molar-refractivity contribution in [2.75, 3.05) is 5.32 Å². The molecule has 0 aliphatic rings. The number of amides is 1. The Bertz CT molecular complexity index is 893. The second-order valence-corrected chi connectivity index (χ2v) is 5.43. The van der Waals surface area contributed by atoms with Crippen molar-refractivity contribution in [3.63, 3.8) is 0 Å². The molecule has 1 N–H and O–H groups in total. The van der Waals surface area contributed by atoms with Crippen LogP contribution in [0.2, 0.25) is 5.02 Å². The van der Waals surface area contributed by atoms with Gasteiger partial charge in [-0.25, -0.2) is 9.97 Å². The van der Waals surface area contributed by atoms with Gasteiger partial charge in [0.05, 0.1) is 16.1 Å². The molecule has 0 aliphatic heterocycles. The van der Waals surface area contributed by atoms with E-state index in [2.05, 4.69) is 15.3 Å². The van der Waals surface area contributed by atoms with Crippen molar-refractivity contribution in [1.82, 2.24) is 14.5 Å². The number of nitrogens with one attached hydrogen (secondary N) is 1. The minimum atomic E-state index is -4.61. The third-order valence-corrected chi connectivity index (χ3v) is 3.64. The molecule has 5 nitrogen and oxygen atoms in total. The molecule has 2 heterocycles. The average molecular weight is 367 g/mol. The molecule has 9 heteroatoms. The number of anilines is 1. The van der Waals surface area contributed by atoms with E-state index in [4.69, 9.17) is 11.6 Å². The average Bonchev–Trinajstić information content (AvgIpc) is 3.10. The van der Waals surface area contributed by atoms with Crippen LogP contribution in [0.4, 0.5) is 18.9 Å². The molecule has 0 unspecified atom stereocenters. The lowest BCUT2D eigenvalue weighted by Gasteiger charge is -2.12. The van der Waals surface area contributed by atoms with Crippen LogP contribution in [0.5, 0.6) is 0 Å². The second kappa shape index (κ2) is 6.56. The van der Waals surface area contributed by atoms with E-state index in [9.17, 15) is 18.0 Å². The predicted molar refractivity (Wildman–Crippen MR) is 85.8 cm³/mol. The summed E-state index contributed by atoms with van der Waals surface area (Å²) in [5.41, 5.74) is -0.826. The number of imidazole rings is 1. The maximum atomic E-state index is 12.9. The molecule has 0 fully saturated rings. The number of nitrogens with zero attached hydrogens (tertiary/aromatic N) is 3. The summed E-state index contributed by atoms with van der Waals surface area (Å²) in [6, 6.07) is 6.27. The lowest BCUT2D eigenvalue weighted by atomic mass is 10.2. The van der Waals surface area contributed by atoms with E-state index in [0.717, 1.165) is 12.1 Å². The Morgan fingerprint density at radius 2 is 2.00 bits per heavy atom. The summed E-state index contributed by atoms with van der Waals surface area (Å²) in [5, 5.41) is 1.96. The van der Waals surface area contributed by atoms with Gasteiger partial charge < -0.3 is 5.32 Å². The molecule has 25 heavy (non-hydrogen) atoms. The van der Waals surface area contributed by atoms with Gasteiger partial charge in [0.2, 0.25) is 0 Å². The minimum absolute atomic E-state index is 0.0135. The number of hydrogen-bond acceptors (Lipinski definition) is 3. The number of rotatable bonds is 3. The van der Waals surface area contributed by atoms with Crippen LogP contribution in [-0.4, -0.2) is 20.4 Å². The Morgan fingerprint density at radius 1 is 1.20 bits per heavy atom. The van der Waals surface area contributed by atoms with Crippen LogP contribution >= 0.6 is 11.6 Å². The summed E-state index contributed by atoms with van der Waals surface area (Å²) >= 11 is 5.55. The van der Waals surface area contributed by atoms with Crippen LogP contribution in [0.15, 0.2) is 55.2 Å². The Balaban J connectivity index is 1.78. The van der Waals surface area contributed by atoms with Gasteiger partial charge in [-0.2, -0.15) is 13.2 Å². The number of hydrogen-bond donors (Lipinski definition) is 1. The molecule has 1 aromatic carbocycles. The molecule has 3 rings (SSSR count).